The van der Waals surface area contributed by atoms with Gasteiger partial charge in [-0.1, -0.05) is 26.7 Å². The molecule has 0 spiro atoms. The number of unbranched alkanes of at least 4 members (excludes halogenated alkanes) is 2. The highest BCUT2D eigenvalue weighted by atomic mass is 16.3. The van der Waals surface area contributed by atoms with Gasteiger partial charge in [0.05, 0.1) is 6.04 Å². The summed E-state index contributed by atoms with van der Waals surface area (Å²) in [6, 6.07) is 0.0320. The number of rotatable bonds is 10. The van der Waals surface area contributed by atoms with Crippen LogP contribution in [-0.4, -0.2) is 36.2 Å². The minimum absolute atomic E-state index is 0.0532. The first-order chi connectivity index (χ1) is 8.15. The Morgan fingerprint density at radius 3 is 2.53 bits per heavy atom. The first-order valence-electron chi connectivity index (χ1n) is 6.80. The summed E-state index contributed by atoms with van der Waals surface area (Å²) in [5.74, 6) is 0.0532. The molecule has 0 rings (SSSR count). The van der Waals surface area contributed by atoms with Crippen LogP contribution in [0.15, 0.2) is 0 Å². The number of aliphatic hydroxyl groups is 1. The van der Waals surface area contributed by atoms with Gasteiger partial charge < -0.3 is 15.7 Å². The molecule has 1 amide bonds. The molecule has 17 heavy (non-hydrogen) atoms. The van der Waals surface area contributed by atoms with Crippen LogP contribution in [0.3, 0.4) is 0 Å². The topological polar surface area (TPSA) is 61.4 Å². The molecule has 0 bridgehead atoms. The van der Waals surface area contributed by atoms with E-state index in [0.29, 0.717) is 6.42 Å². The van der Waals surface area contributed by atoms with E-state index < -0.39 is 0 Å². The third-order valence-electron chi connectivity index (χ3n) is 2.93. The number of carbonyl (C=O) groups excluding carboxylic acids is 1. The molecule has 0 aromatic rings. The highest BCUT2D eigenvalue weighted by molar-refractivity contribution is 5.81. The number of aliphatic hydroxyl groups excluding tert-OH is 1. The molecule has 4 heteroatoms. The fourth-order valence-corrected chi connectivity index (χ4v) is 1.73. The van der Waals surface area contributed by atoms with Crippen LogP contribution in [0.25, 0.3) is 0 Å². The van der Waals surface area contributed by atoms with Gasteiger partial charge in [0.1, 0.15) is 0 Å². The Hall–Kier alpha value is -0.610. The Morgan fingerprint density at radius 1 is 1.29 bits per heavy atom. The molecule has 0 radical (unpaired) electrons. The maximum atomic E-state index is 11.7. The number of carbonyl (C=O) groups is 1. The van der Waals surface area contributed by atoms with Crippen molar-refractivity contribution in [1.82, 2.24) is 10.6 Å². The molecule has 0 aromatic carbocycles. The molecular weight excluding hydrogens is 216 g/mol. The van der Waals surface area contributed by atoms with Crippen molar-refractivity contribution in [2.75, 3.05) is 13.2 Å². The second-order valence-corrected chi connectivity index (χ2v) is 4.50. The van der Waals surface area contributed by atoms with E-state index in [9.17, 15) is 4.79 Å². The molecule has 2 atom stereocenters. The van der Waals surface area contributed by atoms with E-state index in [0.717, 1.165) is 32.2 Å². The van der Waals surface area contributed by atoms with Gasteiger partial charge in [0.2, 0.25) is 5.91 Å². The molecule has 2 unspecified atom stereocenters. The maximum absolute atomic E-state index is 11.7. The Morgan fingerprint density at radius 2 is 2.00 bits per heavy atom. The van der Waals surface area contributed by atoms with Gasteiger partial charge in [-0.25, -0.2) is 0 Å². The normalized spacial score (nSPS) is 14.4. The third kappa shape index (κ3) is 8.16. The van der Waals surface area contributed by atoms with Crippen molar-refractivity contribution in [3.05, 3.63) is 0 Å². The number of amides is 1. The molecule has 0 aliphatic carbocycles. The van der Waals surface area contributed by atoms with Crippen LogP contribution in [0.1, 0.15) is 52.9 Å². The summed E-state index contributed by atoms with van der Waals surface area (Å²) in [7, 11) is 0. The molecule has 0 aliphatic heterocycles. The van der Waals surface area contributed by atoms with Crippen LogP contribution in [0, 0.1) is 0 Å². The summed E-state index contributed by atoms with van der Waals surface area (Å²) in [6.07, 6.45) is 4.99. The van der Waals surface area contributed by atoms with Gasteiger partial charge >= 0.3 is 0 Å². The van der Waals surface area contributed by atoms with E-state index in [1.54, 1.807) is 0 Å². The largest absolute Gasteiger partial charge is 0.396 e. The van der Waals surface area contributed by atoms with Gasteiger partial charge in [-0.05, 0) is 26.2 Å². The van der Waals surface area contributed by atoms with Crippen molar-refractivity contribution >= 4 is 5.91 Å². The number of hydrogen-bond donors (Lipinski definition) is 3. The molecule has 4 nitrogen and oxygen atoms in total. The summed E-state index contributed by atoms with van der Waals surface area (Å²) in [5, 5.41) is 15.0. The van der Waals surface area contributed by atoms with Crippen LogP contribution in [0.5, 0.6) is 0 Å². The number of nitrogens with one attached hydrogen (secondary N) is 2. The minimum atomic E-state index is -0.187. The van der Waals surface area contributed by atoms with Gasteiger partial charge in [-0.3, -0.25) is 4.79 Å². The quantitative estimate of drug-likeness (QED) is 0.510. The number of hydrogen-bond acceptors (Lipinski definition) is 3. The smallest absolute Gasteiger partial charge is 0.236 e. The SMILES string of the molecule is CCCCCNC(=O)C(C)NC(CC)CCO. The van der Waals surface area contributed by atoms with Gasteiger partial charge in [-0.15, -0.1) is 0 Å². The Balaban J connectivity index is 3.78. The highest BCUT2D eigenvalue weighted by Gasteiger charge is 2.15. The molecule has 0 aromatic heterocycles. The second-order valence-electron chi connectivity index (χ2n) is 4.50. The van der Waals surface area contributed by atoms with Gasteiger partial charge in [0, 0.05) is 19.2 Å². The average molecular weight is 244 g/mol. The van der Waals surface area contributed by atoms with Crippen molar-refractivity contribution in [2.24, 2.45) is 0 Å². The van der Waals surface area contributed by atoms with Crippen LogP contribution in [0.4, 0.5) is 0 Å². The summed E-state index contributed by atoms with van der Waals surface area (Å²) in [5.41, 5.74) is 0. The maximum Gasteiger partial charge on any atom is 0.236 e. The van der Waals surface area contributed by atoms with E-state index in [4.69, 9.17) is 5.11 Å². The van der Waals surface area contributed by atoms with Gasteiger partial charge in [0.25, 0.3) is 0 Å². The first-order valence-corrected chi connectivity index (χ1v) is 6.80. The predicted molar refractivity (Wildman–Crippen MR) is 70.9 cm³/mol. The van der Waals surface area contributed by atoms with E-state index in [1.807, 2.05) is 6.92 Å². The van der Waals surface area contributed by atoms with E-state index >= 15 is 0 Å². The van der Waals surface area contributed by atoms with Gasteiger partial charge in [0.15, 0.2) is 0 Å². The van der Waals surface area contributed by atoms with Crippen LogP contribution >= 0.6 is 0 Å². The Kier molecular flexibility index (Phi) is 10.2. The van der Waals surface area contributed by atoms with Crippen LogP contribution in [-0.2, 0) is 4.79 Å². The van der Waals surface area contributed by atoms with Crippen LogP contribution < -0.4 is 10.6 Å². The summed E-state index contributed by atoms with van der Waals surface area (Å²) >= 11 is 0. The lowest BCUT2D eigenvalue weighted by molar-refractivity contribution is -0.123. The zero-order valence-electron chi connectivity index (χ0n) is 11.5. The molecule has 0 saturated carbocycles. The van der Waals surface area contributed by atoms with E-state index in [-0.39, 0.29) is 24.6 Å². The summed E-state index contributed by atoms with van der Waals surface area (Å²) in [4.78, 5) is 11.7. The standard InChI is InChI=1S/C13H28N2O2/c1-4-6-7-9-14-13(17)11(3)15-12(5-2)8-10-16/h11-12,15-16H,4-10H2,1-3H3,(H,14,17). The molecule has 102 valence electrons. The predicted octanol–water partition coefficient (Wildman–Crippen LogP) is 1.43. The van der Waals surface area contributed by atoms with Crippen molar-refractivity contribution in [3.8, 4) is 0 Å². The van der Waals surface area contributed by atoms with Crippen molar-refractivity contribution in [3.63, 3.8) is 0 Å². The fourth-order valence-electron chi connectivity index (χ4n) is 1.73. The summed E-state index contributed by atoms with van der Waals surface area (Å²) < 4.78 is 0. The fraction of sp³-hybridized carbons (Fsp3) is 0.923. The zero-order chi connectivity index (χ0) is 13.1. The molecule has 0 heterocycles. The molecule has 3 N–H and O–H groups in total. The Labute approximate surface area is 105 Å². The van der Waals surface area contributed by atoms with E-state index in [2.05, 4.69) is 24.5 Å². The monoisotopic (exact) mass is 244 g/mol. The first kappa shape index (κ1) is 16.4. The highest BCUT2D eigenvalue weighted by Crippen LogP contribution is 1.99. The van der Waals surface area contributed by atoms with E-state index in [1.165, 1.54) is 0 Å². The van der Waals surface area contributed by atoms with Crippen molar-refractivity contribution < 1.29 is 9.90 Å². The average Bonchev–Trinajstić information content (AvgIpc) is 2.33. The lowest BCUT2D eigenvalue weighted by atomic mass is 10.1. The minimum Gasteiger partial charge on any atom is -0.396 e. The Bertz CT molecular complexity index is 198. The third-order valence-corrected chi connectivity index (χ3v) is 2.93. The summed E-state index contributed by atoms with van der Waals surface area (Å²) in [6.45, 7) is 6.99. The lowest BCUT2D eigenvalue weighted by Gasteiger charge is -2.21. The molecule has 0 saturated heterocycles. The van der Waals surface area contributed by atoms with Crippen molar-refractivity contribution in [1.29, 1.82) is 0 Å². The van der Waals surface area contributed by atoms with Crippen molar-refractivity contribution in [2.45, 2.75) is 65.0 Å². The molecule has 0 fully saturated rings. The second kappa shape index (κ2) is 10.5. The lowest BCUT2D eigenvalue weighted by Crippen LogP contribution is -2.46. The molecular formula is C13H28N2O2. The van der Waals surface area contributed by atoms with Gasteiger partial charge in [-0.2, -0.15) is 0 Å². The zero-order valence-corrected chi connectivity index (χ0v) is 11.5. The molecule has 0 aliphatic rings. The van der Waals surface area contributed by atoms with Crippen LogP contribution in [0.2, 0.25) is 0 Å².